The van der Waals surface area contributed by atoms with Crippen LogP contribution in [0, 0.1) is 25.2 Å². The number of nitrogens with zero attached hydrogens (tertiary/aromatic N) is 1. The van der Waals surface area contributed by atoms with Crippen LogP contribution in [0.1, 0.15) is 22.3 Å². The fourth-order valence-corrected chi connectivity index (χ4v) is 2.97. The van der Waals surface area contributed by atoms with Gasteiger partial charge in [-0.1, -0.05) is 59.6 Å². The van der Waals surface area contributed by atoms with Crippen LogP contribution in [0.3, 0.4) is 0 Å². The number of rotatable bonds is 6. The largest absolute Gasteiger partial charge is 0.484 e. The van der Waals surface area contributed by atoms with E-state index >= 15 is 0 Å². The van der Waals surface area contributed by atoms with Gasteiger partial charge in [-0.2, -0.15) is 5.26 Å². The quantitative estimate of drug-likeness (QED) is 0.393. The van der Waals surface area contributed by atoms with Crippen molar-refractivity contribution in [3.8, 4) is 11.8 Å². The molecule has 4 nitrogen and oxygen atoms in total. The summed E-state index contributed by atoms with van der Waals surface area (Å²) in [7, 11) is 0. The van der Waals surface area contributed by atoms with Crippen molar-refractivity contribution >= 4 is 34.8 Å². The highest BCUT2D eigenvalue weighted by Gasteiger charge is 2.06. The number of aryl methyl sites for hydroxylation is 2. The van der Waals surface area contributed by atoms with Gasteiger partial charge in [0.2, 0.25) is 0 Å². The minimum absolute atomic E-state index is 0.137. The van der Waals surface area contributed by atoms with Gasteiger partial charge in [-0.3, -0.25) is 4.79 Å². The van der Waals surface area contributed by atoms with Crippen molar-refractivity contribution < 1.29 is 9.53 Å². The summed E-state index contributed by atoms with van der Waals surface area (Å²) in [4.78, 5) is 12.2. The molecule has 150 valence electrons. The molecule has 0 heterocycles. The van der Waals surface area contributed by atoms with Crippen molar-refractivity contribution in [3.05, 3.63) is 94.0 Å². The van der Waals surface area contributed by atoms with Crippen LogP contribution in [0.25, 0.3) is 11.6 Å². The number of allylic oxidation sites excluding steroid dienone is 1. The number of hydrogen-bond acceptors (Lipinski definition) is 3. The third kappa shape index (κ3) is 5.73. The highest BCUT2D eigenvalue weighted by molar-refractivity contribution is 6.31. The average molecular weight is 417 g/mol. The SMILES string of the molecule is Cc1ccc(/C(C#N)=C/c2cccc(OCC(=O)Nc3ccc(C)c(Cl)c3)c2)cc1. The van der Waals surface area contributed by atoms with Gasteiger partial charge in [-0.05, 0) is 60.9 Å². The Labute approximate surface area is 181 Å². The summed E-state index contributed by atoms with van der Waals surface area (Å²) in [6, 6.07) is 22.6. The molecule has 0 fully saturated rings. The number of benzene rings is 3. The molecule has 5 heteroatoms. The Hall–Kier alpha value is -3.55. The monoisotopic (exact) mass is 416 g/mol. The molecule has 0 saturated carbocycles. The van der Waals surface area contributed by atoms with Crippen LogP contribution in [-0.4, -0.2) is 12.5 Å². The van der Waals surface area contributed by atoms with Gasteiger partial charge in [0, 0.05) is 10.7 Å². The van der Waals surface area contributed by atoms with Crippen LogP contribution in [0.15, 0.2) is 66.7 Å². The summed E-state index contributed by atoms with van der Waals surface area (Å²) < 4.78 is 5.61. The topological polar surface area (TPSA) is 62.1 Å². The molecule has 0 unspecified atom stereocenters. The highest BCUT2D eigenvalue weighted by Crippen LogP contribution is 2.22. The third-order valence-electron chi connectivity index (χ3n) is 4.48. The van der Waals surface area contributed by atoms with E-state index in [1.807, 2.05) is 56.3 Å². The number of nitrogens with one attached hydrogen (secondary N) is 1. The summed E-state index contributed by atoms with van der Waals surface area (Å²) in [5.41, 5.74) is 4.92. The molecule has 30 heavy (non-hydrogen) atoms. The lowest BCUT2D eigenvalue weighted by molar-refractivity contribution is -0.118. The van der Waals surface area contributed by atoms with Crippen molar-refractivity contribution in [2.75, 3.05) is 11.9 Å². The first-order chi connectivity index (χ1) is 14.4. The fourth-order valence-electron chi connectivity index (χ4n) is 2.79. The Morgan fingerprint density at radius 2 is 1.87 bits per heavy atom. The van der Waals surface area contributed by atoms with E-state index in [-0.39, 0.29) is 12.5 Å². The van der Waals surface area contributed by atoms with Gasteiger partial charge in [0.05, 0.1) is 11.6 Å². The summed E-state index contributed by atoms with van der Waals surface area (Å²) in [5.74, 6) is 0.260. The van der Waals surface area contributed by atoms with Crippen LogP contribution in [0.5, 0.6) is 5.75 Å². The summed E-state index contributed by atoms with van der Waals surface area (Å²) >= 11 is 6.08. The van der Waals surface area contributed by atoms with E-state index in [0.29, 0.717) is 22.0 Å². The molecule has 0 aliphatic carbocycles. The van der Waals surface area contributed by atoms with E-state index in [9.17, 15) is 10.1 Å². The van der Waals surface area contributed by atoms with E-state index in [1.54, 1.807) is 30.3 Å². The maximum Gasteiger partial charge on any atom is 0.262 e. The zero-order valence-electron chi connectivity index (χ0n) is 16.8. The van der Waals surface area contributed by atoms with E-state index in [1.165, 1.54) is 0 Å². The number of carbonyl (C=O) groups is 1. The zero-order chi connectivity index (χ0) is 21.5. The molecule has 0 aliphatic heterocycles. The molecule has 0 aromatic heterocycles. The van der Waals surface area contributed by atoms with E-state index < -0.39 is 0 Å². The molecule has 0 aliphatic rings. The molecular formula is C25H21ClN2O2. The van der Waals surface area contributed by atoms with Crippen LogP contribution in [-0.2, 0) is 4.79 Å². The van der Waals surface area contributed by atoms with Crippen molar-refractivity contribution in [2.45, 2.75) is 13.8 Å². The lowest BCUT2D eigenvalue weighted by Crippen LogP contribution is -2.20. The number of halogens is 1. The molecule has 0 radical (unpaired) electrons. The molecule has 3 aromatic rings. The molecule has 1 amide bonds. The van der Waals surface area contributed by atoms with E-state index in [0.717, 1.165) is 22.3 Å². The van der Waals surface area contributed by atoms with Crippen LogP contribution >= 0.6 is 11.6 Å². The Morgan fingerprint density at radius 1 is 1.10 bits per heavy atom. The van der Waals surface area contributed by atoms with E-state index in [2.05, 4.69) is 11.4 Å². The van der Waals surface area contributed by atoms with Crippen molar-refractivity contribution in [2.24, 2.45) is 0 Å². The maximum atomic E-state index is 12.2. The first kappa shape index (κ1) is 21.2. The second-order valence-corrected chi connectivity index (χ2v) is 7.32. The molecule has 0 saturated heterocycles. The van der Waals surface area contributed by atoms with Crippen LogP contribution in [0.4, 0.5) is 5.69 Å². The number of nitriles is 1. The lowest BCUT2D eigenvalue weighted by Gasteiger charge is -2.09. The predicted octanol–water partition coefficient (Wildman–Crippen LogP) is 6.04. The zero-order valence-corrected chi connectivity index (χ0v) is 17.5. The molecule has 0 atom stereocenters. The van der Waals surface area contributed by atoms with E-state index in [4.69, 9.17) is 16.3 Å². The molecule has 1 N–H and O–H groups in total. The first-order valence-corrected chi connectivity index (χ1v) is 9.80. The number of carbonyl (C=O) groups excluding carboxylic acids is 1. The molecular weight excluding hydrogens is 396 g/mol. The minimum atomic E-state index is -0.284. The molecule has 3 rings (SSSR count). The summed E-state index contributed by atoms with van der Waals surface area (Å²) in [6.45, 7) is 3.76. The predicted molar refractivity (Wildman–Crippen MR) is 121 cm³/mol. The number of hydrogen-bond donors (Lipinski definition) is 1. The van der Waals surface area contributed by atoms with Gasteiger partial charge in [-0.25, -0.2) is 0 Å². The number of amides is 1. The van der Waals surface area contributed by atoms with Crippen molar-refractivity contribution in [1.29, 1.82) is 5.26 Å². The second kappa shape index (κ2) is 9.78. The average Bonchev–Trinajstić information content (AvgIpc) is 2.74. The molecule has 0 spiro atoms. The van der Waals surface area contributed by atoms with Crippen LogP contribution in [0.2, 0.25) is 5.02 Å². The van der Waals surface area contributed by atoms with Crippen LogP contribution < -0.4 is 10.1 Å². The maximum absolute atomic E-state index is 12.2. The minimum Gasteiger partial charge on any atom is -0.484 e. The smallest absolute Gasteiger partial charge is 0.262 e. The van der Waals surface area contributed by atoms with Crippen molar-refractivity contribution in [1.82, 2.24) is 0 Å². The normalized spacial score (nSPS) is 10.9. The Kier molecular flexibility index (Phi) is 6.90. The Morgan fingerprint density at radius 3 is 2.57 bits per heavy atom. The Bertz CT molecular complexity index is 1130. The Balaban J connectivity index is 1.66. The van der Waals surface area contributed by atoms with Gasteiger partial charge in [0.15, 0.2) is 6.61 Å². The molecule has 0 bridgehead atoms. The summed E-state index contributed by atoms with van der Waals surface area (Å²) in [5, 5.41) is 12.9. The fraction of sp³-hybridized carbons (Fsp3) is 0.120. The lowest BCUT2D eigenvalue weighted by atomic mass is 10.0. The van der Waals surface area contributed by atoms with Crippen molar-refractivity contribution in [3.63, 3.8) is 0 Å². The van der Waals surface area contributed by atoms with Gasteiger partial charge < -0.3 is 10.1 Å². The third-order valence-corrected chi connectivity index (χ3v) is 4.88. The van der Waals surface area contributed by atoms with Gasteiger partial charge in [-0.15, -0.1) is 0 Å². The summed E-state index contributed by atoms with van der Waals surface area (Å²) in [6.07, 6.45) is 1.80. The highest BCUT2D eigenvalue weighted by atomic mass is 35.5. The molecule has 3 aromatic carbocycles. The standard InChI is InChI=1S/C25H21ClN2O2/c1-17-6-9-20(10-7-17)21(15-27)12-19-4-3-5-23(13-19)30-16-25(29)28-22-11-8-18(2)24(26)14-22/h3-14H,16H2,1-2H3,(H,28,29)/b21-12+. The second-order valence-electron chi connectivity index (χ2n) is 6.91. The number of anilines is 1. The number of ether oxygens (including phenoxy) is 1. The van der Waals surface area contributed by atoms with Gasteiger partial charge >= 0.3 is 0 Å². The van der Waals surface area contributed by atoms with Gasteiger partial charge in [0.1, 0.15) is 5.75 Å². The van der Waals surface area contributed by atoms with Gasteiger partial charge in [0.25, 0.3) is 5.91 Å². The first-order valence-electron chi connectivity index (χ1n) is 9.42.